The molecule has 0 radical (unpaired) electrons. The molecule has 622 valence electrons. The first-order chi connectivity index (χ1) is 50.8. The Bertz CT molecular complexity index is 2720. The normalized spacial score (nSPS) is 17.5. The van der Waals surface area contributed by atoms with E-state index in [2.05, 4.69) is 13.8 Å². The van der Waals surface area contributed by atoms with E-state index in [0.29, 0.717) is 25.7 Å². The molecule has 0 aliphatic heterocycles. The first-order valence-corrected chi connectivity index (χ1v) is 42.1. The zero-order valence-electron chi connectivity index (χ0n) is 63.6. The first-order valence-electron chi connectivity index (χ1n) is 36.3. The van der Waals surface area contributed by atoms with Crippen molar-refractivity contribution in [2.75, 3.05) is 60.8 Å². The molecule has 1 aliphatic carbocycles. The highest BCUT2D eigenvalue weighted by Crippen LogP contribution is 2.61. The molecule has 41 heteroatoms. The molecule has 0 saturated heterocycles. The van der Waals surface area contributed by atoms with Gasteiger partial charge in [0.25, 0.3) is 0 Å². The van der Waals surface area contributed by atoms with Crippen LogP contribution in [0, 0.1) is 0 Å². The molecule has 1 saturated carbocycles. The van der Waals surface area contributed by atoms with E-state index in [1.54, 1.807) is 0 Å². The fourth-order valence-electron chi connectivity index (χ4n) is 9.74. The van der Waals surface area contributed by atoms with Crippen LogP contribution in [0.1, 0.15) is 262 Å². The van der Waals surface area contributed by atoms with Gasteiger partial charge in [0.05, 0.1) is 6.61 Å². The fraction of sp³-hybridized carbons (Fsp3) is 0.848. The van der Waals surface area contributed by atoms with Crippen LogP contribution in [0.25, 0.3) is 0 Å². The number of rotatable bonds is 66. The van der Waals surface area contributed by atoms with E-state index in [1.165, 1.54) is 77.6 Å². The molecule has 107 heavy (non-hydrogen) atoms. The molecule has 0 heterocycles. The van der Waals surface area contributed by atoms with Gasteiger partial charge in [-0.2, -0.15) is 0 Å². The molecule has 0 spiro atoms. The van der Waals surface area contributed by atoms with E-state index in [4.69, 9.17) is 102 Å². The molecular formula is C66H116O37P4. The van der Waals surface area contributed by atoms with E-state index in [9.17, 15) is 53.1 Å². The van der Waals surface area contributed by atoms with Gasteiger partial charge in [-0.1, -0.05) is 175 Å². The van der Waals surface area contributed by atoms with Gasteiger partial charge in [0.15, 0.2) is 12.2 Å². The summed E-state index contributed by atoms with van der Waals surface area (Å²) in [5.74, 6) is -10.7. The van der Waals surface area contributed by atoms with Crippen LogP contribution in [0.5, 0.6) is 0 Å². The maximum Gasteiger partial charge on any atom is 0.481 e. The van der Waals surface area contributed by atoms with Gasteiger partial charge in [0.2, 0.25) is 47.6 Å². The smallest absolute Gasteiger partial charge is 0.462 e. The number of carbonyl (C=O) groups is 10. The molecule has 37 nitrogen and oxygen atoms in total. The molecule has 0 aromatic heterocycles. The maximum atomic E-state index is 15.7. The summed E-state index contributed by atoms with van der Waals surface area (Å²) in [6, 6.07) is 0. The van der Waals surface area contributed by atoms with Crippen molar-refractivity contribution in [2.45, 2.75) is 305 Å². The van der Waals surface area contributed by atoms with E-state index < -0.39 is 201 Å². The second kappa shape index (κ2) is 58.9. The van der Waals surface area contributed by atoms with E-state index in [-0.39, 0.29) is 19.3 Å². The number of phosphoric ester groups is 4. The van der Waals surface area contributed by atoms with Crippen LogP contribution in [-0.4, -0.2) is 168 Å². The summed E-state index contributed by atoms with van der Waals surface area (Å²) in [7, 11) is -23.5. The van der Waals surface area contributed by atoms with Crippen LogP contribution in [0.15, 0.2) is 0 Å². The van der Waals surface area contributed by atoms with Gasteiger partial charge in [-0.15, -0.1) is 0 Å². The average molecular weight is 1630 g/mol. The van der Waals surface area contributed by atoms with E-state index in [0.717, 1.165) is 119 Å². The van der Waals surface area contributed by atoms with Crippen LogP contribution >= 0.6 is 31.3 Å². The lowest BCUT2D eigenvalue weighted by atomic mass is 9.85. The van der Waals surface area contributed by atoms with Crippen LogP contribution < -0.4 is 0 Å². The Balaban J connectivity index is 4.37. The summed E-state index contributed by atoms with van der Waals surface area (Å²) in [5, 5.41) is 13.0. The minimum absolute atomic E-state index is 0.0701. The number of hydrogen-bond donors (Lipinski definition) is 1. The van der Waals surface area contributed by atoms with E-state index in [1.807, 2.05) is 0 Å². The minimum atomic E-state index is -5.90. The molecule has 0 bridgehead atoms. The van der Waals surface area contributed by atoms with Crippen LogP contribution in [0.2, 0.25) is 0 Å². The number of carbonyl (C=O) groups excluding carboxylic acids is 10. The summed E-state index contributed by atoms with van der Waals surface area (Å²) in [6.45, 7) is 0.108. The van der Waals surface area contributed by atoms with Crippen molar-refractivity contribution in [3.8, 4) is 0 Å². The molecule has 0 amide bonds. The highest BCUT2D eigenvalue weighted by molar-refractivity contribution is 7.49. The number of ether oxygens (including phenoxy) is 10. The number of aliphatic hydroxyl groups is 1. The summed E-state index contributed by atoms with van der Waals surface area (Å²) in [6.07, 6.45) is 6.29. The third kappa shape index (κ3) is 50.6. The molecule has 1 aliphatic rings. The van der Waals surface area contributed by atoms with Gasteiger partial charge >= 0.3 is 91.0 Å². The quantitative estimate of drug-likeness (QED) is 0.0194. The Labute approximate surface area is 627 Å². The lowest BCUT2D eigenvalue weighted by Gasteiger charge is -2.48. The zero-order valence-corrected chi connectivity index (χ0v) is 67.1. The molecule has 0 aromatic rings. The van der Waals surface area contributed by atoms with Gasteiger partial charge in [-0.05, 0) is 19.3 Å². The number of aliphatic hydroxyl groups excluding tert-OH is 1. The van der Waals surface area contributed by atoms with E-state index >= 15 is 18.3 Å². The second-order valence-electron chi connectivity index (χ2n) is 24.5. The number of esters is 10. The van der Waals surface area contributed by atoms with Crippen molar-refractivity contribution in [1.82, 2.24) is 0 Å². The SMILES string of the molecule is CCCCCCCCCCCCCCCC(=O)OCC(COP(=O)(OCOC(C)=O)O[C@H]1[C@H](O)[C@@H](OP(=O)(OCOC(C)=O)OCOC(C)=O)[C@H](OP(=O)(OCOC(C)=O)OCOC(C)=O)[C@@H](OP(=O)(OCOC(C)=O)OCOC(C)=O)[C@H]1OC(=O)CCC)OC(=O)CCCCCCCCCCCCCCC. The Hall–Kier alpha value is -4.90. The molecule has 2 unspecified atom stereocenters. The highest BCUT2D eigenvalue weighted by atomic mass is 31.2. The van der Waals surface area contributed by atoms with Crippen molar-refractivity contribution in [3.05, 3.63) is 0 Å². The molecule has 0 aromatic carbocycles. The third-order valence-electron chi connectivity index (χ3n) is 15.1. The predicted octanol–water partition coefficient (Wildman–Crippen LogP) is 13.2. The number of phosphoric acid groups is 4. The monoisotopic (exact) mass is 1620 g/mol. The number of unbranched alkanes of at least 4 members (excludes halogenated alkanes) is 24. The summed E-state index contributed by atoms with van der Waals surface area (Å²) >= 11 is 0. The minimum Gasteiger partial charge on any atom is -0.462 e. The van der Waals surface area contributed by atoms with Crippen molar-refractivity contribution >= 4 is 91.0 Å². The van der Waals surface area contributed by atoms with Gasteiger partial charge in [-0.3, -0.25) is 70.6 Å². The standard InChI is InChI=1S/C66H116O37P4/c1-11-14-16-18-20-22-24-26-28-30-32-34-36-39-58(74)82-41-57(98-60(76)40-37-35-33-31-29-27-25-23-21-19-17-15-12-2)42-90-104(78,91-43-83-50(4)67)100-62-61(77)63(101-105(79,92-44-84-51(5)68)93-45-85-52(6)69)65(102-106(80,94-46-86-53(7)70)95-47-87-54(8)71)66(64(62)99-59(75)38-13-3)103-107(81,96-48-88-55(9)72)97-49-89-56(10)73/h57,61-66,77H,11-49H2,1-10H3/t57?,61-,62-,63+,64-,65-,66-,104?/m0/s1. The van der Waals surface area contributed by atoms with Gasteiger partial charge in [-0.25, -0.2) is 49.9 Å². The average Bonchev–Trinajstić information content (AvgIpc) is 0.746. The van der Waals surface area contributed by atoms with Crippen molar-refractivity contribution in [2.24, 2.45) is 0 Å². The molecular weight excluding hydrogens is 1510 g/mol. The highest BCUT2D eigenvalue weighted by Gasteiger charge is 2.63. The van der Waals surface area contributed by atoms with Crippen LogP contribution in [-0.2, 0) is 168 Å². The zero-order chi connectivity index (χ0) is 79.9. The Morgan fingerprint density at radius 2 is 0.533 bits per heavy atom. The topological polar surface area (TPSA) is 462 Å². The lowest BCUT2D eigenvalue weighted by molar-refractivity contribution is -0.229. The predicted molar refractivity (Wildman–Crippen MR) is 372 cm³/mol. The fourth-order valence-corrected chi connectivity index (χ4v) is 14.3. The van der Waals surface area contributed by atoms with Gasteiger partial charge < -0.3 is 52.5 Å². The first kappa shape index (κ1) is 100. The van der Waals surface area contributed by atoms with Crippen LogP contribution in [0.4, 0.5) is 0 Å². The Kier molecular flexibility index (Phi) is 55.1. The van der Waals surface area contributed by atoms with Crippen LogP contribution in [0.3, 0.4) is 0 Å². The largest absolute Gasteiger partial charge is 0.481 e. The van der Waals surface area contributed by atoms with Crippen molar-refractivity contribution in [3.63, 3.8) is 0 Å². The van der Waals surface area contributed by atoms with Gasteiger partial charge in [0.1, 0.15) is 37.1 Å². The second-order valence-corrected chi connectivity index (χ2v) is 31.0. The Morgan fingerprint density at radius 1 is 0.280 bits per heavy atom. The summed E-state index contributed by atoms with van der Waals surface area (Å²) in [4.78, 5) is 126. The van der Waals surface area contributed by atoms with Gasteiger partial charge in [0, 0.05) is 67.7 Å². The van der Waals surface area contributed by atoms with Crippen molar-refractivity contribution < 1.29 is 173 Å². The summed E-state index contributed by atoms with van der Waals surface area (Å²) in [5.41, 5.74) is 0. The molecule has 1 rings (SSSR count). The summed E-state index contributed by atoms with van der Waals surface area (Å²) < 4.78 is 178. The number of hydrogen-bond acceptors (Lipinski definition) is 37. The molecule has 8 atom stereocenters. The maximum absolute atomic E-state index is 15.7. The third-order valence-corrected chi connectivity index (χ3v) is 20.5. The molecule has 1 fully saturated rings. The molecule has 1 N–H and O–H groups in total. The van der Waals surface area contributed by atoms with Crippen molar-refractivity contribution in [1.29, 1.82) is 0 Å². The Morgan fingerprint density at radius 3 is 0.822 bits per heavy atom. The lowest BCUT2D eigenvalue weighted by Crippen LogP contribution is -2.66.